The summed E-state index contributed by atoms with van der Waals surface area (Å²) in [5, 5.41) is 1.67. The van der Waals surface area contributed by atoms with Gasteiger partial charge in [-0.1, -0.05) is 50.2 Å². The summed E-state index contributed by atoms with van der Waals surface area (Å²) in [6.07, 6.45) is 10.1. The number of carbonyl (C=O) groups excluding carboxylic acids is 4. The Balaban J connectivity index is 1.07. The number of ketones is 2. The predicted molar refractivity (Wildman–Crippen MR) is 210 cm³/mol. The molecule has 0 N–H and O–H groups in total. The Bertz CT molecular complexity index is 2340. The van der Waals surface area contributed by atoms with E-state index in [2.05, 4.69) is 32.9 Å². The summed E-state index contributed by atoms with van der Waals surface area (Å²) in [5.41, 5.74) is 4.36. The predicted octanol–water partition coefficient (Wildman–Crippen LogP) is 7.66. The van der Waals surface area contributed by atoms with E-state index in [4.69, 9.17) is 9.47 Å². The van der Waals surface area contributed by atoms with Gasteiger partial charge in [-0.15, -0.1) is 0 Å². The van der Waals surface area contributed by atoms with Crippen molar-refractivity contribution in [2.75, 3.05) is 0 Å². The number of esters is 2. The number of nitrogens with zero attached hydrogens (tertiary/aromatic N) is 6. The van der Waals surface area contributed by atoms with E-state index in [9.17, 15) is 19.2 Å². The first-order valence-electron chi connectivity index (χ1n) is 19.5. The lowest BCUT2D eigenvalue weighted by atomic mass is 9.83. The van der Waals surface area contributed by atoms with Crippen LogP contribution in [0, 0.1) is 25.7 Å². The maximum Gasteiger partial charge on any atom is 0.331 e. The van der Waals surface area contributed by atoms with Gasteiger partial charge in [0.25, 0.3) is 0 Å². The van der Waals surface area contributed by atoms with Crippen molar-refractivity contribution in [2.24, 2.45) is 11.8 Å². The zero-order valence-corrected chi connectivity index (χ0v) is 32.2. The van der Waals surface area contributed by atoms with Crippen LogP contribution in [0.2, 0.25) is 0 Å². The van der Waals surface area contributed by atoms with Crippen molar-refractivity contribution in [1.29, 1.82) is 0 Å². The minimum absolute atomic E-state index is 0.0119. The molecule has 288 valence electrons. The molecule has 0 saturated carbocycles. The van der Waals surface area contributed by atoms with Crippen LogP contribution in [0.15, 0.2) is 85.5 Å². The van der Waals surface area contributed by atoms with Gasteiger partial charge in [0.1, 0.15) is 23.9 Å². The molecule has 0 spiro atoms. The molecule has 12 heteroatoms. The number of para-hydroxylation sites is 2. The minimum atomic E-state index is -0.729. The van der Waals surface area contributed by atoms with Crippen molar-refractivity contribution >= 4 is 45.3 Å². The number of ether oxygens (including phenoxy) is 2. The molecule has 0 bridgehead atoms. The van der Waals surface area contributed by atoms with Crippen molar-refractivity contribution in [2.45, 2.75) is 91.8 Å². The second kappa shape index (κ2) is 15.2. The molecule has 2 aliphatic rings. The molecule has 0 saturated heterocycles. The molecule has 8 rings (SSSR count). The van der Waals surface area contributed by atoms with Gasteiger partial charge in [-0.25, -0.2) is 19.6 Å². The average Bonchev–Trinajstić information content (AvgIpc) is 3.96. The van der Waals surface area contributed by atoms with Gasteiger partial charge in [-0.05, 0) is 38.8 Å². The van der Waals surface area contributed by atoms with Crippen molar-refractivity contribution in [1.82, 2.24) is 28.2 Å². The molecule has 0 amide bonds. The summed E-state index contributed by atoms with van der Waals surface area (Å²) in [5.74, 6) is -0.743. The van der Waals surface area contributed by atoms with E-state index in [1.54, 1.807) is 12.4 Å². The van der Waals surface area contributed by atoms with Gasteiger partial charge in [0, 0.05) is 110 Å². The van der Waals surface area contributed by atoms with E-state index in [0.717, 1.165) is 58.4 Å². The maximum absolute atomic E-state index is 14.2. The summed E-state index contributed by atoms with van der Waals surface area (Å²) in [4.78, 5) is 64.3. The van der Waals surface area contributed by atoms with Crippen LogP contribution in [0.5, 0.6) is 0 Å². The van der Waals surface area contributed by atoms with Crippen molar-refractivity contribution in [3.05, 3.63) is 120 Å². The zero-order chi connectivity index (χ0) is 39.1. The summed E-state index contributed by atoms with van der Waals surface area (Å²) >= 11 is 0. The fourth-order valence-electron chi connectivity index (χ4n) is 8.81. The standard InChI is InChI=1S/C44H46N6O6/c1-5-19-49-33-13-9-7-11-31(33)39-41(49)35(23-29(43(39)53)25-47-21-17-45-27(47)3)55-37(51)15-16-38(52)56-36-24-30(26-48-22-18-46-28(48)4)44(54)40-32-12-8-10-14-34(32)50(20-6-2)42(36)40/h7-18,21-22,29-30,35-36H,5-6,19-20,23-26H2,1-4H3/b16-15-. The number of fused-ring (bicyclic) bond motifs is 6. The zero-order valence-electron chi connectivity index (χ0n) is 32.2. The largest absolute Gasteiger partial charge is 0.453 e. The van der Waals surface area contributed by atoms with Crippen molar-refractivity contribution in [3.8, 4) is 0 Å². The molecule has 0 fully saturated rings. The molecule has 56 heavy (non-hydrogen) atoms. The van der Waals surface area contributed by atoms with Crippen molar-refractivity contribution < 1.29 is 28.7 Å². The van der Waals surface area contributed by atoms with Gasteiger partial charge in [0.05, 0.1) is 22.5 Å². The lowest BCUT2D eigenvalue weighted by Crippen LogP contribution is -2.32. The molecule has 4 aromatic heterocycles. The Morgan fingerprint density at radius 1 is 0.679 bits per heavy atom. The highest BCUT2D eigenvalue weighted by molar-refractivity contribution is 6.12. The van der Waals surface area contributed by atoms with Crippen LogP contribution < -0.4 is 0 Å². The monoisotopic (exact) mass is 754 g/mol. The van der Waals surface area contributed by atoms with Crippen LogP contribution in [0.3, 0.4) is 0 Å². The first-order valence-corrected chi connectivity index (χ1v) is 19.5. The number of Topliss-reactive ketones (excluding diaryl/α,β-unsaturated/α-hetero) is 2. The van der Waals surface area contributed by atoms with E-state index in [1.807, 2.05) is 83.9 Å². The van der Waals surface area contributed by atoms with Gasteiger partial charge in [0.2, 0.25) is 0 Å². The van der Waals surface area contributed by atoms with Crippen LogP contribution in [-0.4, -0.2) is 51.7 Å². The van der Waals surface area contributed by atoms with Crippen molar-refractivity contribution in [3.63, 3.8) is 0 Å². The highest BCUT2D eigenvalue weighted by atomic mass is 16.5. The fraction of sp³-hybridized carbons (Fsp3) is 0.364. The number of hydrogen-bond donors (Lipinski definition) is 0. The normalized spacial score (nSPS) is 19.5. The third-order valence-electron chi connectivity index (χ3n) is 11.3. The van der Waals surface area contributed by atoms with E-state index in [1.165, 1.54) is 0 Å². The van der Waals surface area contributed by atoms with Crippen LogP contribution in [0.1, 0.15) is 95.5 Å². The Labute approximate surface area is 324 Å². The SMILES string of the molecule is CCCn1c2c(c3ccccc31)C(=O)C(Cn1ccnc1C)CC2OC(=O)/C=C\C(=O)OC1CC(Cn2ccnc2C)C(=O)c2c1n(CCC)c1ccccc21. The number of hydrogen-bond acceptors (Lipinski definition) is 8. The number of benzene rings is 2. The van der Waals surface area contributed by atoms with Gasteiger partial charge in [-0.3, -0.25) is 9.59 Å². The lowest BCUT2D eigenvalue weighted by Gasteiger charge is -2.30. The van der Waals surface area contributed by atoms with E-state index in [0.29, 0.717) is 48.7 Å². The number of rotatable bonds is 12. The summed E-state index contributed by atoms with van der Waals surface area (Å²) in [6, 6.07) is 15.6. The fourth-order valence-corrected chi connectivity index (χ4v) is 8.81. The quantitative estimate of drug-likeness (QED) is 0.0920. The first-order chi connectivity index (χ1) is 27.2. The third-order valence-corrected chi connectivity index (χ3v) is 11.3. The first kappa shape index (κ1) is 36.9. The molecule has 0 aliphatic heterocycles. The second-order valence-corrected chi connectivity index (χ2v) is 14.9. The molecule has 4 atom stereocenters. The molecule has 6 aromatic rings. The molecule has 2 aromatic carbocycles. The molecule has 2 aliphatic carbocycles. The smallest absolute Gasteiger partial charge is 0.331 e. The Morgan fingerprint density at radius 2 is 1.09 bits per heavy atom. The van der Waals surface area contributed by atoms with E-state index >= 15 is 0 Å². The average molecular weight is 755 g/mol. The number of imidazole rings is 2. The van der Waals surface area contributed by atoms with E-state index < -0.39 is 36.0 Å². The number of aryl methyl sites for hydroxylation is 4. The van der Waals surface area contributed by atoms with E-state index in [-0.39, 0.29) is 24.4 Å². The van der Waals surface area contributed by atoms with Gasteiger partial charge in [0.15, 0.2) is 11.6 Å². The maximum atomic E-state index is 14.2. The van der Waals surface area contributed by atoms with Crippen LogP contribution in [0.4, 0.5) is 0 Å². The van der Waals surface area contributed by atoms with Crippen LogP contribution >= 0.6 is 0 Å². The molecular formula is C44H46N6O6. The third kappa shape index (κ3) is 6.56. The van der Waals surface area contributed by atoms with Crippen LogP contribution in [0.25, 0.3) is 21.8 Å². The molecule has 0 radical (unpaired) electrons. The van der Waals surface area contributed by atoms with Crippen LogP contribution in [-0.2, 0) is 45.2 Å². The molecule has 4 heterocycles. The Morgan fingerprint density at radius 3 is 1.46 bits per heavy atom. The number of aromatic nitrogens is 6. The Hall–Kier alpha value is -6.04. The summed E-state index contributed by atoms with van der Waals surface area (Å²) in [6.45, 7) is 10.0. The molecular weight excluding hydrogens is 709 g/mol. The number of carbonyl (C=O) groups is 4. The second-order valence-electron chi connectivity index (χ2n) is 14.9. The topological polar surface area (TPSA) is 132 Å². The minimum Gasteiger partial charge on any atom is -0.453 e. The van der Waals surface area contributed by atoms with Gasteiger partial charge < -0.3 is 27.7 Å². The highest BCUT2D eigenvalue weighted by Gasteiger charge is 2.42. The summed E-state index contributed by atoms with van der Waals surface area (Å²) < 4.78 is 20.4. The summed E-state index contributed by atoms with van der Waals surface area (Å²) in [7, 11) is 0. The molecule has 12 nitrogen and oxygen atoms in total. The lowest BCUT2D eigenvalue weighted by molar-refractivity contribution is -0.147. The van der Waals surface area contributed by atoms with Gasteiger partial charge in [-0.2, -0.15) is 0 Å². The van der Waals surface area contributed by atoms with Gasteiger partial charge >= 0.3 is 11.9 Å². The molecule has 4 unspecified atom stereocenters. The Kier molecular flexibility index (Phi) is 10.0. The highest BCUT2D eigenvalue weighted by Crippen LogP contribution is 2.44.